The molecular weight excluding hydrogens is 284 g/mol. The first-order valence-electron chi connectivity index (χ1n) is 7.76. The Balaban J connectivity index is 2.01. The SMILES string of the molecule is O=C(O)C#CC1=CCC(c2ccccc2)(c2ccccc2)CC1. The number of rotatable bonds is 2. The molecule has 1 aliphatic carbocycles. The number of carbonyl (C=O) groups is 1. The van der Waals surface area contributed by atoms with Crippen molar-refractivity contribution in [3.05, 3.63) is 83.4 Å². The highest BCUT2D eigenvalue weighted by Gasteiger charge is 2.35. The molecular formula is C21H18O2. The van der Waals surface area contributed by atoms with Gasteiger partial charge in [-0.1, -0.05) is 72.7 Å². The fourth-order valence-electron chi connectivity index (χ4n) is 3.30. The molecule has 0 amide bonds. The van der Waals surface area contributed by atoms with Crippen molar-refractivity contribution in [3.63, 3.8) is 0 Å². The van der Waals surface area contributed by atoms with Crippen molar-refractivity contribution in [1.29, 1.82) is 0 Å². The maximum absolute atomic E-state index is 10.6. The first-order chi connectivity index (χ1) is 11.2. The van der Waals surface area contributed by atoms with Crippen molar-refractivity contribution < 1.29 is 9.90 Å². The van der Waals surface area contributed by atoms with Crippen LogP contribution in [0.3, 0.4) is 0 Å². The highest BCUT2D eigenvalue weighted by atomic mass is 16.4. The normalized spacial score (nSPS) is 15.9. The minimum Gasteiger partial charge on any atom is -0.472 e. The van der Waals surface area contributed by atoms with E-state index in [-0.39, 0.29) is 5.41 Å². The lowest BCUT2D eigenvalue weighted by Crippen LogP contribution is -2.29. The van der Waals surface area contributed by atoms with Crippen molar-refractivity contribution in [2.75, 3.05) is 0 Å². The van der Waals surface area contributed by atoms with E-state index >= 15 is 0 Å². The Bertz CT molecular complexity index is 737. The number of allylic oxidation sites excluding steroid dienone is 2. The molecule has 2 aromatic carbocycles. The van der Waals surface area contributed by atoms with E-state index in [2.05, 4.69) is 66.4 Å². The van der Waals surface area contributed by atoms with Gasteiger partial charge in [-0.15, -0.1) is 0 Å². The minimum atomic E-state index is -1.08. The smallest absolute Gasteiger partial charge is 0.382 e. The first-order valence-corrected chi connectivity index (χ1v) is 7.76. The van der Waals surface area contributed by atoms with Crippen LogP contribution in [0, 0.1) is 11.8 Å². The second-order valence-corrected chi connectivity index (χ2v) is 5.80. The fraction of sp³-hybridized carbons (Fsp3) is 0.190. The quantitative estimate of drug-likeness (QED) is 0.845. The molecule has 0 fully saturated rings. The van der Waals surface area contributed by atoms with E-state index in [1.165, 1.54) is 11.1 Å². The first kappa shape index (κ1) is 15.1. The molecule has 2 nitrogen and oxygen atoms in total. The van der Waals surface area contributed by atoms with Crippen LogP contribution in [-0.2, 0) is 10.2 Å². The van der Waals surface area contributed by atoms with Crippen LogP contribution in [0.25, 0.3) is 0 Å². The van der Waals surface area contributed by atoms with E-state index in [4.69, 9.17) is 5.11 Å². The summed E-state index contributed by atoms with van der Waals surface area (Å²) in [7, 11) is 0. The van der Waals surface area contributed by atoms with Crippen LogP contribution in [-0.4, -0.2) is 11.1 Å². The Morgan fingerprint density at radius 2 is 1.52 bits per heavy atom. The van der Waals surface area contributed by atoms with Gasteiger partial charge in [0.05, 0.1) is 0 Å². The fourth-order valence-corrected chi connectivity index (χ4v) is 3.30. The molecule has 0 aromatic heterocycles. The van der Waals surface area contributed by atoms with Gasteiger partial charge in [-0.3, -0.25) is 0 Å². The largest absolute Gasteiger partial charge is 0.472 e. The summed E-state index contributed by atoms with van der Waals surface area (Å²) >= 11 is 0. The lowest BCUT2D eigenvalue weighted by molar-refractivity contribution is -0.130. The maximum atomic E-state index is 10.6. The molecule has 0 unspecified atom stereocenters. The second-order valence-electron chi connectivity index (χ2n) is 5.80. The van der Waals surface area contributed by atoms with E-state index in [0.29, 0.717) is 0 Å². The van der Waals surface area contributed by atoms with Crippen LogP contribution in [0.2, 0.25) is 0 Å². The molecule has 3 rings (SSSR count). The Morgan fingerprint density at radius 1 is 0.957 bits per heavy atom. The van der Waals surface area contributed by atoms with Crippen LogP contribution in [0.1, 0.15) is 30.4 Å². The zero-order valence-corrected chi connectivity index (χ0v) is 12.8. The van der Waals surface area contributed by atoms with Crippen molar-refractivity contribution in [1.82, 2.24) is 0 Å². The highest BCUT2D eigenvalue weighted by molar-refractivity contribution is 5.87. The Morgan fingerprint density at radius 3 is 1.96 bits per heavy atom. The van der Waals surface area contributed by atoms with E-state index in [9.17, 15) is 4.79 Å². The van der Waals surface area contributed by atoms with Crippen molar-refractivity contribution in [2.45, 2.75) is 24.7 Å². The van der Waals surface area contributed by atoms with E-state index in [0.717, 1.165) is 24.8 Å². The molecule has 1 aliphatic rings. The van der Waals surface area contributed by atoms with Crippen molar-refractivity contribution >= 4 is 5.97 Å². The van der Waals surface area contributed by atoms with Gasteiger partial charge in [-0.05, 0) is 36.0 Å². The zero-order valence-electron chi connectivity index (χ0n) is 12.8. The molecule has 2 aromatic rings. The van der Waals surface area contributed by atoms with Gasteiger partial charge in [0.25, 0.3) is 0 Å². The topological polar surface area (TPSA) is 37.3 Å². The molecule has 0 saturated heterocycles. The number of aliphatic carboxylic acids is 1. The number of hydrogen-bond donors (Lipinski definition) is 1. The van der Waals surface area contributed by atoms with E-state index in [1.807, 2.05) is 12.1 Å². The minimum absolute atomic E-state index is 0.0586. The monoisotopic (exact) mass is 302 g/mol. The van der Waals surface area contributed by atoms with Crippen LogP contribution < -0.4 is 0 Å². The summed E-state index contributed by atoms with van der Waals surface area (Å²) in [4.78, 5) is 10.6. The summed E-state index contributed by atoms with van der Waals surface area (Å²) in [5.74, 6) is 3.92. The maximum Gasteiger partial charge on any atom is 0.382 e. The van der Waals surface area contributed by atoms with Gasteiger partial charge in [-0.25, -0.2) is 4.79 Å². The molecule has 0 atom stereocenters. The van der Waals surface area contributed by atoms with Crippen molar-refractivity contribution in [3.8, 4) is 11.8 Å². The molecule has 1 N–H and O–H groups in total. The molecule has 0 radical (unpaired) electrons. The third-order valence-corrected chi connectivity index (χ3v) is 4.50. The van der Waals surface area contributed by atoms with Gasteiger partial charge in [0, 0.05) is 11.3 Å². The average molecular weight is 302 g/mol. The second kappa shape index (κ2) is 6.54. The predicted molar refractivity (Wildman–Crippen MR) is 91.0 cm³/mol. The molecule has 0 aliphatic heterocycles. The lowest BCUT2D eigenvalue weighted by atomic mass is 9.66. The van der Waals surface area contributed by atoms with Gasteiger partial charge >= 0.3 is 5.97 Å². The molecule has 114 valence electrons. The van der Waals surface area contributed by atoms with Crippen LogP contribution in [0.5, 0.6) is 0 Å². The van der Waals surface area contributed by atoms with E-state index in [1.54, 1.807) is 0 Å². The summed E-state index contributed by atoms with van der Waals surface area (Å²) in [6, 6.07) is 21.1. The van der Waals surface area contributed by atoms with Gasteiger partial charge in [0.15, 0.2) is 0 Å². The standard InChI is InChI=1S/C21H18O2/c22-20(23)12-11-17-13-15-21(16-14-17,18-7-3-1-4-8-18)19-9-5-2-6-10-19/h1-10,13H,14-16H2,(H,22,23). The Labute approximate surface area is 136 Å². The number of benzene rings is 2. The zero-order chi connectivity index (χ0) is 16.1. The Kier molecular flexibility index (Phi) is 4.30. The van der Waals surface area contributed by atoms with Gasteiger partial charge in [-0.2, -0.15) is 0 Å². The van der Waals surface area contributed by atoms with Crippen LogP contribution in [0.4, 0.5) is 0 Å². The lowest BCUT2D eigenvalue weighted by Gasteiger charge is -2.37. The molecule has 0 spiro atoms. The van der Waals surface area contributed by atoms with Crippen LogP contribution >= 0.6 is 0 Å². The number of carboxylic acid groups (broad SMARTS) is 1. The highest BCUT2D eigenvalue weighted by Crippen LogP contribution is 2.43. The molecule has 0 heterocycles. The number of hydrogen-bond acceptors (Lipinski definition) is 1. The molecule has 0 saturated carbocycles. The summed E-state index contributed by atoms with van der Waals surface area (Å²) in [5.41, 5.74) is 3.46. The number of carboxylic acids is 1. The molecule has 2 heteroatoms. The Hall–Kier alpha value is -2.79. The molecule has 0 bridgehead atoms. The van der Waals surface area contributed by atoms with Crippen LogP contribution in [0.15, 0.2) is 72.3 Å². The predicted octanol–water partition coefficient (Wildman–Crippen LogP) is 4.17. The average Bonchev–Trinajstić information content (AvgIpc) is 2.62. The summed E-state index contributed by atoms with van der Waals surface area (Å²) < 4.78 is 0. The van der Waals surface area contributed by atoms with Gasteiger partial charge in [0.1, 0.15) is 0 Å². The van der Waals surface area contributed by atoms with Crippen molar-refractivity contribution in [2.24, 2.45) is 0 Å². The molecule has 23 heavy (non-hydrogen) atoms. The summed E-state index contributed by atoms with van der Waals surface area (Å²) in [6.45, 7) is 0. The van der Waals surface area contributed by atoms with Gasteiger partial charge < -0.3 is 5.11 Å². The summed E-state index contributed by atoms with van der Waals surface area (Å²) in [5, 5.41) is 8.70. The van der Waals surface area contributed by atoms with E-state index < -0.39 is 5.97 Å². The third kappa shape index (κ3) is 3.19. The summed E-state index contributed by atoms with van der Waals surface area (Å²) in [6.07, 6.45) is 4.66. The van der Waals surface area contributed by atoms with Gasteiger partial charge in [0.2, 0.25) is 0 Å². The third-order valence-electron chi connectivity index (χ3n) is 4.50.